The maximum Gasteiger partial charge on any atom is 0.191 e. The average molecular weight is 490 g/mol. The second kappa shape index (κ2) is 13.2. The monoisotopic (exact) mass is 490 g/mol. The molecule has 6 nitrogen and oxygen atoms in total. The Morgan fingerprint density at radius 1 is 1.33 bits per heavy atom. The van der Waals surface area contributed by atoms with Gasteiger partial charge in [0.25, 0.3) is 0 Å². The molecule has 154 valence electrons. The summed E-state index contributed by atoms with van der Waals surface area (Å²) in [4.78, 5) is 6.61. The number of ether oxygens (including phenoxy) is 2. The van der Waals surface area contributed by atoms with Gasteiger partial charge in [-0.25, -0.2) is 0 Å². The van der Waals surface area contributed by atoms with E-state index in [0.717, 1.165) is 44.3 Å². The van der Waals surface area contributed by atoms with Crippen LogP contribution in [-0.4, -0.2) is 63.4 Å². The summed E-state index contributed by atoms with van der Waals surface area (Å²) in [6.45, 7) is 8.28. The summed E-state index contributed by atoms with van der Waals surface area (Å²) >= 11 is 0. The second-order valence-corrected chi connectivity index (χ2v) is 7.04. The van der Waals surface area contributed by atoms with Gasteiger partial charge >= 0.3 is 0 Å². The van der Waals surface area contributed by atoms with Crippen molar-refractivity contribution in [3.63, 3.8) is 0 Å². The number of hydrogen-bond donors (Lipinski definition) is 2. The Bertz CT molecular complexity index is 563. The minimum absolute atomic E-state index is 0. The molecule has 1 aromatic rings. The molecule has 0 saturated carbocycles. The number of likely N-dealkylation sites (N-methyl/N-ethyl adjacent to an activating group) is 1. The third kappa shape index (κ3) is 9.12. The summed E-state index contributed by atoms with van der Waals surface area (Å²) < 4.78 is 11.4. The van der Waals surface area contributed by atoms with Crippen molar-refractivity contribution in [2.75, 3.05) is 40.5 Å². The Morgan fingerprint density at radius 3 is 2.74 bits per heavy atom. The van der Waals surface area contributed by atoms with Crippen molar-refractivity contribution in [3.8, 4) is 5.75 Å². The van der Waals surface area contributed by atoms with Crippen LogP contribution in [0.15, 0.2) is 29.3 Å². The predicted octanol–water partition coefficient (Wildman–Crippen LogP) is 2.87. The summed E-state index contributed by atoms with van der Waals surface area (Å²) in [5, 5.41) is 6.61. The first kappa shape index (κ1) is 24.0. The molecule has 1 heterocycles. The molecule has 0 atom stereocenters. The van der Waals surface area contributed by atoms with Crippen LogP contribution in [0.5, 0.6) is 5.75 Å². The molecule has 27 heavy (non-hydrogen) atoms. The third-order valence-electron chi connectivity index (χ3n) is 4.53. The quantitative estimate of drug-likeness (QED) is 0.334. The lowest BCUT2D eigenvalue weighted by Gasteiger charge is -2.31. The normalized spacial score (nSPS) is 15.6. The van der Waals surface area contributed by atoms with Crippen LogP contribution in [-0.2, 0) is 11.3 Å². The molecule has 0 amide bonds. The van der Waals surface area contributed by atoms with E-state index in [1.54, 1.807) is 7.05 Å². The Morgan fingerprint density at radius 2 is 2.07 bits per heavy atom. The van der Waals surface area contributed by atoms with Gasteiger partial charge in [0.05, 0.1) is 0 Å². The number of nitrogens with zero attached hydrogens (tertiary/aromatic N) is 2. The molecular weight excluding hydrogens is 455 g/mol. The summed E-state index contributed by atoms with van der Waals surface area (Å²) in [5.74, 6) is 1.72. The molecule has 0 radical (unpaired) electrons. The predicted molar refractivity (Wildman–Crippen MR) is 122 cm³/mol. The van der Waals surface area contributed by atoms with E-state index in [1.807, 2.05) is 12.1 Å². The maximum absolute atomic E-state index is 5.96. The highest BCUT2D eigenvalue weighted by atomic mass is 127. The largest absolute Gasteiger partial charge is 0.492 e. The van der Waals surface area contributed by atoms with Crippen LogP contribution >= 0.6 is 24.0 Å². The summed E-state index contributed by atoms with van der Waals surface area (Å²) in [6.07, 6.45) is 2.23. The zero-order valence-corrected chi connectivity index (χ0v) is 19.4. The number of nitrogens with one attached hydrogen (secondary N) is 2. The fraction of sp³-hybridized carbons (Fsp3) is 0.650. The zero-order chi connectivity index (χ0) is 18.8. The molecule has 0 unspecified atom stereocenters. The van der Waals surface area contributed by atoms with Crippen molar-refractivity contribution in [1.82, 2.24) is 15.5 Å². The number of rotatable bonds is 8. The van der Waals surface area contributed by atoms with Crippen molar-refractivity contribution < 1.29 is 9.47 Å². The van der Waals surface area contributed by atoms with Gasteiger partial charge in [-0.3, -0.25) is 9.89 Å². The standard InChI is InChI=1S/C20H34N4O2.HI/c1-16(2)23-20(21-3)22-15-17-6-5-7-19(14-17)26-13-10-24(4)18-8-11-25-12-9-18;/h5-7,14,16,18H,8-13,15H2,1-4H3,(H2,21,22,23);1H. The summed E-state index contributed by atoms with van der Waals surface area (Å²) in [7, 11) is 3.96. The highest BCUT2D eigenvalue weighted by Crippen LogP contribution is 2.15. The average Bonchev–Trinajstić information content (AvgIpc) is 2.66. The molecule has 2 rings (SSSR count). The SMILES string of the molecule is CN=C(NCc1cccc(OCCN(C)C2CCOCC2)c1)NC(C)C.I. The molecule has 1 aliphatic rings. The van der Waals surface area contributed by atoms with Crippen LogP contribution in [0.4, 0.5) is 0 Å². The maximum atomic E-state index is 5.96. The van der Waals surface area contributed by atoms with Crippen LogP contribution in [0.1, 0.15) is 32.3 Å². The molecule has 1 aliphatic heterocycles. The molecule has 7 heteroatoms. The van der Waals surface area contributed by atoms with Crippen LogP contribution < -0.4 is 15.4 Å². The molecule has 1 fully saturated rings. The lowest BCUT2D eigenvalue weighted by molar-refractivity contribution is 0.0392. The van der Waals surface area contributed by atoms with Crippen LogP contribution in [0.25, 0.3) is 0 Å². The number of halogens is 1. The minimum Gasteiger partial charge on any atom is -0.492 e. The number of hydrogen-bond acceptors (Lipinski definition) is 4. The zero-order valence-electron chi connectivity index (χ0n) is 17.0. The van der Waals surface area contributed by atoms with Crippen molar-refractivity contribution in [1.29, 1.82) is 0 Å². The van der Waals surface area contributed by atoms with Crippen molar-refractivity contribution >= 4 is 29.9 Å². The van der Waals surface area contributed by atoms with Gasteiger partial charge in [-0.2, -0.15) is 0 Å². The first-order valence-corrected chi connectivity index (χ1v) is 9.55. The number of guanidine groups is 1. The van der Waals surface area contributed by atoms with E-state index in [9.17, 15) is 0 Å². The molecule has 0 spiro atoms. The highest BCUT2D eigenvalue weighted by Gasteiger charge is 2.17. The molecule has 0 aromatic heterocycles. The first-order chi connectivity index (χ1) is 12.6. The molecule has 1 saturated heterocycles. The van der Waals surface area contributed by atoms with Gasteiger partial charge in [0.1, 0.15) is 12.4 Å². The Kier molecular flexibility index (Phi) is 11.7. The second-order valence-electron chi connectivity index (χ2n) is 7.04. The molecule has 0 bridgehead atoms. The summed E-state index contributed by atoms with van der Waals surface area (Å²) in [5.41, 5.74) is 1.17. The van der Waals surface area contributed by atoms with E-state index >= 15 is 0 Å². The van der Waals surface area contributed by atoms with Gasteiger partial charge in [-0.1, -0.05) is 12.1 Å². The fourth-order valence-electron chi connectivity index (χ4n) is 3.02. The van der Waals surface area contributed by atoms with Crippen molar-refractivity contribution in [2.45, 2.75) is 45.3 Å². The van der Waals surface area contributed by atoms with E-state index < -0.39 is 0 Å². The third-order valence-corrected chi connectivity index (χ3v) is 4.53. The van der Waals surface area contributed by atoms with E-state index in [2.05, 4.69) is 53.6 Å². The highest BCUT2D eigenvalue weighted by molar-refractivity contribution is 14.0. The van der Waals surface area contributed by atoms with Crippen molar-refractivity contribution in [2.24, 2.45) is 4.99 Å². The molecule has 2 N–H and O–H groups in total. The number of benzene rings is 1. The van der Waals surface area contributed by atoms with E-state index in [-0.39, 0.29) is 24.0 Å². The van der Waals surface area contributed by atoms with Crippen LogP contribution in [0, 0.1) is 0 Å². The summed E-state index contributed by atoms with van der Waals surface area (Å²) in [6, 6.07) is 9.19. The van der Waals surface area contributed by atoms with Gasteiger partial charge in [-0.05, 0) is 51.4 Å². The number of aliphatic imine (C=N–C) groups is 1. The van der Waals surface area contributed by atoms with Gasteiger partial charge in [-0.15, -0.1) is 24.0 Å². The van der Waals surface area contributed by atoms with Crippen LogP contribution in [0.2, 0.25) is 0 Å². The Hall–Kier alpha value is -1.06. The van der Waals surface area contributed by atoms with Gasteiger partial charge in [0, 0.05) is 45.4 Å². The first-order valence-electron chi connectivity index (χ1n) is 9.55. The fourth-order valence-corrected chi connectivity index (χ4v) is 3.02. The molecule has 0 aliphatic carbocycles. The Labute approximate surface area is 181 Å². The van der Waals surface area contributed by atoms with E-state index in [1.165, 1.54) is 5.56 Å². The van der Waals surface area contributed by atoms with Crippen LogP contribution in [0.3, 0.4) is 0 Å². The molecule has 1 aromatic carbocycles. The lowest BCUT2D eigenvalue weighted by Crippen LogP contribution is -2.40. The minimum atomic E-state index is 0. The molecular formula is C20H35IN4O2. The van der Waals surface area contributed by atoms with E-state index in [0.29, 0.717) is 25.2 Å². The van der Waals surface area contributed by atoms with Gasteiger partial charge in [0.15, 0.2) is 5.96 Å². The van der Waals surface area contributed by atoms with Crippen molar-refractivity contribution in [3.05, 3.63) is 29.8 Å². The smallest absolute Gasteiger partial charge is 0.191 e. The van der Waals surface area contributed by atoms with E-state index in [4.69, 9.17) is 9.47 Å². The Balaban J connectivity index is 0.00000364. The lowest BCUT2D eigenvalue weighted by atomic mass is 10.1. The van der Waals surface area contributed by atoms with Gasteiger partial charge in [0.2, 0.25) is 0 Å². The van der Waals surface area contributed by atoms with Gasteiger partial charge < -0.3 is 20.1 Å². The topological polar surface area (TPSA) is 58.1 Å².